The van der Waals surface area contributed by atoms with Gasteiger partial charge in [-0.1, -0.05) is 24.3 Å². The highest BCUT2D eigenvalue weighted by Crippen LogP contribution is 2.26. The van der Waals surface area contributed by atoms with Crippen molar-refractivity contribution in [2.24, 2.45) is 0 Å². The van der Waals surface area contributed by atoms with E-state index in [1.807, 2.05) is 66.6 Å². The highest BCUT2D eigenvalue weighted by Gasteiger charge is 2.32. The summed E-state index contributed by atoms with van der Waals surface area (Å²) >= 11 is 5.86. The molecule has 2 aliphatic rings. The lowest BCUT2D eigenvalue weighted by atomic mass is 9.99. The SMILES string of the molecule is COCCn1cc(N)cn1.COCCn1cc(Nc2nccc(-c3ccc(CCC(=O)N4CC(OC(C)C)C4)c(C)c3)n2)cn1.Cc1cc(-c2ccnc(Cl)n2)ccc1CCC(=O)N1CC(OC(C)C)C1. The van der Waals surface area contributed by atoms with Gasteiger partial charge in [-0.05, 0) is 113 Å². The van der Waals surface area contributed by atoms with Crippen molar-refractivity contribution in [2.45, 2.75) is 105 Å². The second-order valence-corrected chi connectivity index (χ2v) is 18.4. The molecule has 8 rings (SSSR count). The van der Waals surface area contributed by atoms with Crippen LogP contribution in [0.5, 0.6) is 0 Å². The van der Waals surface area contributed by atoms with Crippen LogP contribution in [0.4, 0.5) is 17.3 Å². The monoisotopic (exact) mass is 993 g/mol. The molecule has 2 amide bonds. The molecule has 6 heterocycles. The maximum absolute atomic E-state index is 12.5. The van der Waals surface area contributed by atoms with Crippen LogP contribution in [0, 0.1) is 13.8 Å². The van der Waals surface area contributed by atoms with Crippen molar-refractivity contribution in [3.8, 4) is 22.5 Å². The summed E-state index contributed by atoms with van der Waals surface area (Å²) < 4.78 is 24.9. The Morgan fingerprint density at radius 2 is 1.20 bits per heavy atom. The van der Waals surface area contributed by atoms with Gasteiger partial charge >= 0.3 is 0 Å². The number of nitrogens with two attached hydrogens (primary N) is 1. The predicted octanol–water partition coefficient (Wildman–Crippen LogP) is 7.39. The van der Waals surface area contributed by atoms with Gasteiger partial charge in [0, 0.05) is 89.2 Å². The fraction of sp³-hybridized carbons (Fsp3) is 0.462. The van der Waals surface area contributed by atoms with E-state index in [9.17, 15) is 9.59 Å². The molecule has 0 radical (unpaired) electrons. The highest BCUT2D eigenvalue weighted by molar-refractivity contribution is 6.28. The smallest absolute Gasteiger partial charge is 0.227 e. The lowest BCUT2D eigenvalue weighted by Crippen LogP contribution is -2.55. The van der Waals surface area contributed by atoms with E-state index in [-0.39, 0.29) is 41.5 Å². The molecule has 2 fully saturated rings. The Balaban J connectivity index is 0.000000200. The lowest BCUT2D eigenvalue weighted by Gasteiger charge is -2.40. The fourth-order valence-corrected chi connectivity index (χ4v) is 8.07. The first-order chi connectivity index (χ1) is 34.2. The Bertz CT molecular complexity index is 2630. The molecule has 2 saturated heterocycles. The zero-order valence-corrected chi connectivity index (χ0v) is 43.0. The number of carbonyl (C=O) groups is 2. The van der Waals surface area contributed by atoms with Crippen LogP contribution < -0.4 is 11.1 Å². The van der Waals surface area contributed by atoms with Crippen LogP contribution in [0.2, 0.25) is 5.28 Å². The van der Waals surface area contributed by atoms with E-state index in [2.05, 4.69) is 79.6 Å². The van der Waals surface area contributed by atoms with Crippen molar-refractivity contribution in [1.82, 2.24) is 49.3 Å². The minimum atomic E-state index is 0.180. The molecule has 18 nitrogen and oxygen atoms in total. The summed E-state index contributed by atoms with van der Waals surface area (Å²) in [7, 11) is 3.33. The van der Waals surface area contributed by atoms with Gasteiger partial charge in [0.2, 0.25) is 23.0 Å². The predicted molar refractivity (Wildman–Crippen MR) is 275 cm³/mol. The van der Waals surface area contributed by atoms with Crippen molar-refractivity contribution >= 4 is 40.7 Å². The van der Waals surface area contributed by atoms with Crippen LogP contribution in [0.25, 0.3) is 22.5 Å². The minimum Gasteiger partial charge on any atom is -0.396 e. The van der Waals surface area contributed by atoms with Crippen LogP contribution in [0.1, 0.15) is 62.8 Å². The van der Waals surface area contributed by atoms with Gasteiger partial charge in [0.05, 0.1) is 85.9 Å². The molecule has 0 saturated carbocycles. The zero-order valence-electron chi connectivity index (χ0n) is 42.3. The number of ether oxygens (including phenoxy) is 4. The third kappa shape index (κ3) is 16.9. The van der Waals surface area contributed by atoms with Crippen LogP contribution in [0.15, 0.2) is 85.7 Å². The molecule has 71 heavy (non-hydrogen) atoms. The second-order valence-electron chi connectivity index (χ2n) is 18.1. The number of hydrogen-bond donors (Lipinski definition) is 2. The summed E-state index contributed by atoms with van der Waals surface area (Å²) in [5, 5.41) is 11.7. The van der Waals surface area contributed by atoms with Crippen molar-refractivity contribution in [3.05, 3.63) is 113 Å². The van der Waals surface area contributed by atoms with Gasteiger partial charge in [0.1, 0.15) is 0 Å². The number of aryl methyl sites for hydroxylation is 4. The van der Waals surface area contributed by atoms with E-state index < -0.39 is 0 Å². The number of aromatic nitrogens is 8. The molecule has 19 heteroatoms. The lowest BCUT2D eigenvalue weighted by molar-refractivity contribution is -0.148. The van der Waals surface area contributed by atoms with E-state index >= 15 is 0 Å². The number of halogens is 1. The van der Waals surface area contributed by atoms with Crippen molar-refractivity contribution in [1.29, 1.82) is 0 Å². The van der Waals surface area contributed by atoms with Gasteiger partial charge < -0.3 is 39.8 Å². The molecule has 2 aliphatic heterocycles. The summed E-state index contributed by atoms with van der Waals surface area (Å²) in [5.74, 6) is 0.893. The van der Waals surface area contributed by atoms with Crippen molar-refractivity contribution < 1.29 is 28.5 Å². The first kappa shape index (κ1) is 54.0. The second kappa shape index (κ2) is 26.8. The number of likely N-dealkylation sites (tertiary alicyclic amines) is 2. The highest BCUT2D eigenvalue weighted by atomic mass is 35.5. The molecule has 0 bridgehead atoms. The number of amides is 2. The molecule has 380 valence electrons. The molecular formula is C52H69ClN12O6. The van der Waals surface area contributed by atoms with Gasteiger partial charge in [-0.15, -0.1) is 0 Å². The topological polar surface area (TPSA) is 203 Å². The number of methoxy groups -OCH3 is 2. The molecule has 0 spiro atoms. The van der Waals surface area contributed by atoms with Gasteiger partial charge in [0.25, 0.3) is 0 Å². The molecule has 0 atom stereocenters. The van der Waals surface area contributed by atoms with E-state index in [0.29, 0.717) is 70.4 Å². The van der Waals surface area contributed by atoms with Crippen LogP contribution >= 0.6 is 11.6 Å². The number of nitrogen functional groups attached to an aromatic ring is 1. The first-order valence-electron chi connectivity index (χ1n) is 24.1. The fourth-order valence-electron chi connectivity index (χ4n) is 7.92. The van der Waals surface area contributed by atoms with Crippen molar-refractivity contribution in [3.63, 3.8) is 0 Å². The quantitative estimate of drug-likeness (QED) is 0.0717. The standard InChI is InChI=1S/C26H34N6O3.C20H24ClN3O2.C6H11N3O/c1-18(2)35-23-16-31(17-23)25(33)8-7-20-5-6-21(13-19(20)3)24-9-10-27-26(30-24)29-22-14-28-32(15-22)11-12-34-4;1-13(2)26-17-11-24(12-17)19(25)7-6-15-4-5-16(10-14(15)3)18-8-9-22-20(21)23-18;1-10-3-2-9-5-6(7)4-8-9/h5-6,9-10,13-15,18,23H,7-8,11-12,16-17H2,1-4H3,(H,27,29,30);4-5,8-10,13,17H,6-7,11-12H2,1-3H3;4-5H,2-3,7H2,1H3. The number of nitrogens with zero attached hydrogens (tertiary/aromatic N) is 10. The number of carbonyl (C=O) groups excluding carboxylic acids is 2. The summed E-state index contributed by atoms with van der Waals surface area (Å²) in [5.41, 5.74) is 15.2. The maximum atomic E-state index is 12.5. The van der Waals surface area contributed by atoms with E-state index in [1.165, 1.54) is 11.1 Å². The Kier molecular flexibility index (Phi) is 20.4. The largest absolute Gasteiger partial charge is 0.396 e. The maximum Gasteiger partial charge on any atom is 0.227 e. The third-order valence-corrected chi connectivity index (χ3v) is 11.9. The number of rotatable bonds is 20. The average molecular weight is 994 g/mol. The van der Waals surface area contributed by atoms with E-state index in [1.54, 1.807) is 49.9 Å². The molecule has 4 aromatic heterocycles. The normalized spacial score (nSPS) is 13.6. The molecular weight excluding hydrogens is 924 g/mol. The molecule has 6 aromatic rings. The van der Waals surface area contributed by atoms with Crippen LogP contribution in [-0.4, -0.2) is 139 Å². The summed E-state index contributed by atoms with van der Waals surface area (Å²) in [6.45, 7) is 17.8. The molecule has 3 N–H and O–H groups in total. The summed E-state index contributed by atoms with van der Waals surface area (Å²) in [6, 6.07) is 16.1. The van der Waals surface area contributed by atoms with Gasteiger partial charge in [-0.2, -0.15) is 10.2 Å². The Hall–Kier alpha value is -6.31. The number of hydrogen-bond acceptors (Lipinski definition) is 14. The van der Waals surface area contributed by atoms with Crippen molar-refractivity contribution in [2.75, 3.05) is 64.7 Å². The minimum absolute atomic E-state index is 0.180. The Labute approximate surface area is 422 Å². The molecule has 2 aromatic carbocycles. The summed E-state index contributed by atoms with van der Waals surface area (Å²) in [6.07, 6.45) is 13.7. The number of benzene rings is 2. The first-order valence-corrected chi connectivity index (χ1v) is 24.5. The number of anilines is 3. The van der Waals surface area contributed by atoms with Gasteiger partial charge in [0.15, 0.2) is 0 Å². The van der Waals surface area contributed by atoms with Gasteiger partial charge in [-0.3, -0.25) is 19.0 Å². The molecule has 0 unspecified atom stereocenters. The summed E-state index contributed by atoms with van der Waals surface area (Å²) in [4.78, 5) is 45.7. The average Bonchev–Trinajstić information content (AvgIpc) is 3.96. The molecule has 0 aliphatic carbocycles. The number of nitrogens with one attached hydrogen (secondary N) is 1. The van der Waals surface area contributed by atoms with E-state index in [0.717, 1.165) is 58.7 Å². The third-order valence-electron chi connectivity index (χ3n) is 11.7. The van der Waals surface area contributed by atoms with Gasteiger partial charge in [-0.25, -0.2) is 19.9 Å². The van der Waals surface area contributed by atoms with Crippen LogP contribution in [0.3, 0.4) is 0 Å². The Morgan fingerprint density at radius 1 is 0.704 bits per heavy atom. The zero-order chi connectivity index (χ0) is 50.9. The van der Waals surface area contributed by atoms with E-state index in [4.69, 9.17) is 36.3 Å². The van der Waals surface area contributed by atoms with Crippen LogP contribution in [-0.2, 0) is 54.5 Å². The Morgan fingerprint density at radius 3 is 1.66 bits per heavy atom.